The molecule has 1 atom stereocenters. The molecule has 0 radical (unpaired) electrons. The van der Waals surface area contributed by atoms with Crippen LogP contribution in [0.15, 0.2) is 61.1 Å². The monoisotopic (exact) mass is 489 g/mol. The largest absolute Gasteiger partial charge is 0.383 e. The minimum Gasteiger partial charge on any atom is -0.383 e. The molecule has 0 spiro atoms. The van der Waals surface area contributed by atoms with Gasteiger partial charge in [-0.3, -0.25) is 9.78 Å². The van der Waals surface area contributed by atoms with Crippen LogP contribution in [-0.2, 0) is 6.54 Å². The summed E-state index contributed by atoms with van der Waals surface area (Å²) in [6.07, 6.45) is 4.82. The lowest BCUT2D eigenvalue weighted by Gasteiger charge is -2.40. The number of alkyl halides is 2. The van der Waals surface area contributed by atoms with Gasteiger partial charge in [-0.05, 0) is 61.9 Å². The van der Waals surface area contributed by atoms with E-state index in [1.807, 2.05) is 19.9 Å². The maximum Gasteiger partial charge on any atom is 0.282 e. The molecule has 1 saturated heterocycles. The number of anilines is 2. The highest BCUT2D eigenvalue weighted by Gasteiger charge is 2.44. The molecule has 1 fully saturated rings. The van der Waals surface area contributed by atoms with Gasteiger partial charge in [0.25, 0.3) is 11.8 Å². The zero-order valence-electron chi connectivity index (χ0n) is 19.9. The molecular formula is C26H25F2N7O. The van der Waals surface area contributed by atoms with E-state index in [1.54, 1.807) is 64.8 Å². The summed E-state index contributed by atoms with van der Waals surface area (Å²) in [7, 11) is 0. The topological polar surface area (TPSA) is 101 Å². The zero-order valence-corrected chi connectivity index (χ0v) is 19.9. The molecule has 36 heavy (non-hydrogen) atoms. The van der Waals surface area contributed by atoms with Crippen molar-refractivity contribution in [3.8, 4) is 0 Å². The number of aromatic nitrogens is 4. The number of hydrogen-bond donors (Lipinski definition) is 1. The van der Waals surface area contributed by atoms with Crippen molar-refractivity contribution >= 4 is 28.3 Å². The van der Waals surface area contributed by atoms with Gasteiger partial charge >= 0.3 is 0 Å². The van der Waals surface area contributed by atoms with Gasteiger partial charge in [0.15, 0.2) is 0 Å². The van der Waals surface area contributed by atoms with E-state index >= 15 is 0 Å². The van der Waals surface area contributed by atoms with Gasteiger partial charge in [0.1, 0.15) is 11.6 Å². The molecule has 2 N–H and O–H groups in total. The Morgan fingerprint density at radius 1 is 1.14 bits per heavy atom. The molecule has 1 aliphatic heterocycles. The van der Waals surface area contributed by atoms with E-state index in [4.69, 9.17) is 5.73 Å². The number of pyridine rings is 2. The summed E-state index contributed by atoms with van der Waals surface area (Å²) >= 11 is 0. The lowest BCUT2D eigenvalue weighted by molar-refractivity contribution is -0.0263. The zero-order chi connectivity index (χ0) is 25.4. The van der Waals surface area contributed by atoms with Gasteiger partial charge in [0.2, 0.25) is 0 Å². The first-order chi connectivity index (χ1) is 17.2. The normalized spacial score (nSPS) is 15.4. The molecular weight excluding hydrogens is 464 g/mol. The van der Waals surface area contributed by atoms with Crippen molar-refractivity contribution in [3.05, 3.63) is 83.7 Å². The van der Waals surface area contributed by atoms with Gasteiger partial charge in [0, 0.05) is 23.3 Å². The molecule has 8 nitrogen and oxygen atoms in total. The SMILES string of the molecule is Cc1cc2cc(C(=O)N(Cc3ccc(N4CC(F)(F)C4)cn3)C(C)c3ncccn3)ccc2nc1N. The van der Waals surface area contributed by atoms with E-state index in [0.29, 0.717) is 34.1 Å². The summed E-state index contributed by atoms with van der Waals surface area (Å²) in [5.74, 6) is -1.93. The predicted octanol–water partition coefficient (Wildman–Crippen LogP) is 4.17. The van der Waals surface area contributed by atoms with Gasteiger partial charge in [-0.2, -0.15) is 0 Å². The van der Waals surface area contributed by atoms with E-state index in [2.05, 4.69) is 19.9 Å². The number of carbonyl (C=O) groups excluding carboxylic acids is 1. The second kappa shape index (κ2) is 9.10. The maximum atomic E-state index is 13.8. The maximum absolute atomic E-state index is 13.8. The first-order valence-corrected chi connectivity index (χ1v) is 11.5. The van der Waals surface area contributed by atoms with Crippen LogP contribution in [-0.4, -0.2) is 49.8 Å². The molecule has 4 heterocycles. The van der Waals surface area contributed by atoms with Crippen LogP contribution in [0.5, 0.6) is 0 Å². The number of carbonyl (C=O) groups is 1. The Hall–Kier alpha value is -4.21. The van der Waals surface area contributed by atoms with Crippen molar-refractivity contribution in [2.45, 2.75) is 32.4 Å². The van der Waals surface area contributed by atoms with E-state index in [1.165, 1.54) is 0 Å². The van der Waals surface area contributed by atoms with E-state index in [-0.39, 0.29) is 25.5 Å². The Kier molecular flexibility index (Phi) is 5.95. The first-order valence-electron chi connectivity index (χ1n) is 11.5. The number of nitrogen functional groups attached to an aromatic ring is 1. The first kappa shape index (κ1) is 23.5. The highest BCUT2D eigenvalue weighted by atomic mass is 19.3. The second-order valence-corrected chi connectivity index (χ2v) is 9.03. The Bertz CT molecular complexity index is 1410. The predicted molar refractivity (Wildman–Crippen MR) is 133 cm³/mol. The Balaban J connectivity index is 1.44. The second-order valence-electron chi connectivity index (χ2n) is 9.03. The van der Waals surface area contributed by atoms with Gasteiger partial charge in [-0.1, -0.05) is 0 Å². The van der Waals surface area contributed by atoms with Gasteiger partial charge in [0.05, 0.1) is 48.8 Å². The number of benzene rings is 1. The van der Waals surface area contributed by atoms with Crippen LogP contribution in [0.3, 0.4) is 0 Å². The molecule has 10 heteroatoms. The molecule has 0 bridgehead atoms. The number of rotatable bonds is 6. The fraction of sp³-hybridized carbons (Fsp3) is 0.269. The van der Waals surface area contributed by atoms with Crippen LogP contribution in [0.25, 0.3) is 10.9 Å². The molecule has 0 saturated carbocycles. The standard InChI is InChI=1S/C26H25F2N7O/c1-16-10-19-11-18(4-7-22(19)33-23(16)29)25(36)35(17(2)24-30-8-3-9-31-24)13-20-5-6-21(12-32-20)34-14-26(27,28)15-34/h3-12,17H,13-15H2,1-2H3,(H2,29,33). The van der Waals surface area contributed by atoms with E-state index in [9.17, 15) is 13.6 Å². The van der Waals surface area contributed by atoms with Crippen LogP contribution < -0.4 is 10.6 Å². The van der Waals surface area contributed by atoms with Crippen LogP contribution in [0.2, 0.25) is 0 Å². The summed E-state index contributed by atoms with van der Waals surface area (Å²) in [5.41, 5.74) is 9.19. The number of amides is 1. The van der Waals surface area contributed by atoms with Gasteiger partial charge < -0.3 is 15.5 Å². The third-order valence-electron chi connectivity index (χ3n) is 6.33. The molecule has 1 aromatic carbocycles. The Morgan fingerprint density at radius 3 is 2.56 bits per heavy atom. The summed E-state index contributed by atoms with van der Waals surface area (Å²) in [6.45, 7) is 3.28. The van der Waals surface area contributed by atoms with E-state index < -0.39 is 12.0 Å². The number of fused-ring (bicyclic) bond motifs is 1. The van der Waals surface area contributed by atoms with E-state index in [0.717, 1.165) is 10.9 Å². The van der Waals surface area contributed by atoms with Crippen molar-refractivity contribution in [1.29, 1.82) is 0 Å². The Morgan fingerprint density at radius 2 is 1.89 bits per heavy atom. The summed E-state index contributed by atoms with van der Waals surface area (Å²) in [6, 6.07) is 12.0. The van der Waals surface area contributed by atoms with Crippen molar-refractivity contribution in [2.24, 2.45) is 0 Å². The van der Waals surface area contributed by atoms with Crippen LogP contribution in [0, 0.1) is 6.92 Å². The minimum absolute atomic E-state index is 0.186. The lowest BCUT2D eigenvalue weighted by Crippen LogP contribution is -2.56. The number of hydrogen-bond acceptors (Lipinski definition) is 7. The number of nitrogens with zero attached hydrogens (tertiary/aromatic N) is 6. The fourth-order valence-corrected chi connectivity index (χ4v) is 4.21. The molecule has 3 aromatic heterocycles. The van der Waals surface area contributed by atoms with Crippen molar-refractivity contribution in [3.63, 3.8) is 0 Å². The van der Waals surface area contributed by atoms with Gasteiger partial charge in [-0.25, -0.2) is 23.7 Å². The molecule has 5 rings (SSSR count). The third kappa shape index (κ3) is 4.66. The smallest absolute Gasteiger partial charge is 0.282 e. The fourth-order valence-electron chi connectivity index (χ4n) is 4.21. The summed E-state index contributed by atoms with van der Waals surface area (Å²) < 4.78 is 26.5. The molecule has 1 unspecified atom stereocenters. The molecule has 1 amide bonds. The molecule has 4 aromatic rings. The lowest BCUT2D eigenvalue weighted by atomic mass is 10.1. The highest BCUT2D eigenvalue weighted by Crippen LogP contribution is 2.31. The Labute approximate surface area is 206 Å². The van der Waals surface area contributed by atoms with Crippen molar-refractivity contribution < 1.29 is 13.6 Å². The number of aryl methyl sites for hydroxylation is 1. The number of halogens is 2. The van der Waals surface area contributed by atoms with Crippen molar-refractivity contribution in [1.82, 2.24) is 24.8 Å². The quantitative estimate of drug-likeness (QED) is 0.434. The average Bonchev–Trinajstić information content (AvgIpc) is 2.86. The molecule has 0 aliphatic carbocycles. The summed E-state index contributed by atoms with van der Waals surface area (Å²) in [5, 5.41) is 0.810. The third-order valence-corrected chi connectivity index (χ3v) is 6.33. The van der Waals surface area contributed by atoms with Gasteiger partial charge in [-0.15, -0.1) is 0 Å². The molecule has 184 valence electrons. The minimum atomic E-state index is -2.66. The van der Waals surface area contributed by atoms with Crippen LogP contribution in [0.4, 0.5) is 20.3 Å². The van der Waals surface area contributed by atoms with Crippen molar-refractivity contribution in [2.75, 3.05) is 23.7 Å². The average molecular weight is 490 g/mol. The van der Waals surface area contributed by atoms with Crippen LogP contribution in [0.1, 0.15) is 40.4 Å². The highest BCUT2D eigenvalue weighted by molar-refractivity contribution is 5.98. The number of nitrogens with two attached hydrogens (primary N) is 1. The molecule has 1 aliphatic rings. The summed E-state index contributed by atoms with van der Waals surface area (Å²) in [4.78, 5) is 34.5. The van der Waals surface area contributed by atoms with Crippen LogP contribution >= 0.6 is 0 Å².